The molecule has 23 heavy (non-hydrogen) atoms. The Balaban J connectivity index is 0.000000409. The van der Waals surface area contributed by atoms with E-state index in [0.717, 1.165) is 11.1 Å². The van der Waals surface area contributed by atoms with Crippen LogP contribution < -0.4 is 5.73 Å². The summed E-state index contributed by atoms with van der Waals surface area (Å²) in [7, 11) is 0. The molecule has 2 rings (SSSR count). The van der Waals surface area contributed by atoms with Gasteiger partial charge in [0.2, 0.25) is 11.6 Å². The fourth-order valence-electron chi connectivity index (χ4n) is 1.43. The number of ketones is 2. The minimum absolute atomic E-state index is 0. The summed E-state index contributed by atoms with van der Waals surface area (Å²) in [6.07, 6.45) is 3.01. The number of azide groups is 1. The van der Waals surface area contributed by atoms with Gasteiger partial charge in [-0.2, -0.15) is 0 Å². The molecule has 0 aliphatic heterocycles. The molecule has 9 heteroatoms. The van der Waals surface area contributed by atoms with Crippen molar-refractivity contribution >= 4 is 24.0 Å². The predicted molar refractivity (Wildman–Crippen MR) is 85.9 cm³/mol. The van der Waals surface area contributed by atoms with Crippen LogP contribution in [0.5, 0.6) is 0 Å². The molecule has 8 nitrogen and oxygen atoms in total. The third-order valence-electron chi connectivity index (χ3n) is 2.47. The van der Waals surface area contributed by atoms with E-state index >= 15 is 0 Å². The van der Waals surface area contributed by atoms with Crippen LogP contribution in [0.15, 0.2) is 38.6 Å². The number of rotatable bonds is 5. The minimum Gasteiger partial charge on any atom is -0.461 e. The molecule has 0 unspecified atom stereocenters. The Kier molecular flexibility index (Phi) is 9.10. The number of nitrogens with zero attached hydrogens (tertiary/aromatic N) is 3. The monoisotopic (exact) mass is 340 g/mol. The quantitative estimate of drug-likeness (QED) is 0.385. The first-order chi connectivity index (χ1) is 10.5. The summed E-state index contributed by atoms with van der Waals surface area (Å²) >= 11 is 0. The van der Waals surface area contributed by atoms with Crippen molar-refractivity contribution in [2.75, 3.05) is 13.1 Å². The van der Waals surface area contributed by atoms with E-state index in [9.17, 15) is 9.59 Å². The highest BCUT2D eigenvalue weighted by Gasteiger charge is 2.08. The lowest BCUT2D eigenvalue weighted by Crippen LogP contribution is -2.12. The van der Waals surface area contributed by atoms with Gasteiger partial charge in [0.1, 0.15) is 0 Å². The zero-order chi connectivity index (χ0) is 16.5. The average molecular weight is 341 g/mol. The van der Waals surface area contributed by atoms with E-state index in [4.69, 9.17) is 20.1 Å². The van der Waals surface area contributed by atoms with Gasteiger partial charge >= 0.3 is 0 Å². The van der Waals surface area contributed by atoms with E-state index in [-0.39, 0.29) is 42.8 Å². The van der Waals surface area contributed by atoms with Crippen LogP contribution in [0.3, 0.4) is 0 Å². The summed E-state index contributed by atoms with van der Waals surface area (Å²) in [5, 5.41) is 3.13. The summed E-state index contributed by atoms with van der Waals surface area (Å²) in [6, 6.07) is 3.28. The van der Waals surface area contributed by atoms with Crippen LogP contribution in [0, 0.1) is 13.8 Å². The van der Waals surface area contributed by atoms with Crippen molar-refractivity contribution < 1.29 is 18.4 Å². The van der Waals surface area contributed by atoms with Gasteiger partial charge in [-0.25, -0.2) is 0 Å². The molecule has 0 aliphatic carbocycles. The van der Waals surface area contributed by atoms with Gasteiger partial charge in [0.15, 0.2) is 11.5 Å². The van der Waals surface area contributed by atoms with Gasteiger partial charge in [-0.05, 0) is 42.6 Å². The smallest absolute Gasteiger partial charge is 0.211 e. The molecule has 2 heterocycles. The number of furan rings is 2. The van der Waals surface area contributed by atoms with E-state index < -0.39 is 0 Å². The van der Waals surface area contributed by atoms with Crippen LogP contribution in [0.1, 0.15) is 32.2 Å². The molecule has 0 atom stereocenters. The molecule has 124 valence electrons. The second-order valence-electron chi connectivity index (χ2n) is 4.42. The van der Waals surface area contributed by atoms with Gasteiger partial charge in [-0.3, -0.25) is 9.59 Å². The first-order valence-corrected chi connectivity index (χ1v) is 6.35. The minimum atomic E-state index is -0.305. The number of Topliss-reactive ketones (excluding diaryl/α,β-unsaturated/α-hetero) is 2. The van der Waals surface area contributed by atoms with Crippen molar-refractivity contribution in [2.45, 2.75) is 13.8 Å². The van der Waals surface area contributed by atoms with Gasteiger partial charge in [-0.1, -0.05) is 5.11 Å². The molecule has 0 amide bonds. The lowest BCUT2D eigenvalue weighted by molar-refractivity contribution is 0.0968. The first-order valence-electron chi connectivity index (χ1n) is 6.35. The Labute approximate surface area is 138 Å². The summed E-state index contributed by atoms with van der Waals surface area (Å²) in [5.74, 6) is 0.119. The predicted octanol–water partition coefficient (Wildman–Crippen LogP) is 3.23. The molecule has 0 bridgehead atoms. The van der Waals surface area contributed by atoms with Crippen LogP contribution in [-0.2, 0) is 0 Å². The maximum Gasteiger partial charge on any atom is 0.211 e. The van der Waals surface area contributed by atoms with E-state index in [1.807, 2.05) is 13.8 Å². The van der Waals surface area contributed by atoms with E-state index in [1.165, 1.54) is 12.5 Å². The highest BCUT2D eigenvalue weighted by molar-refractivity contribution is 5.95. The van der Waals surface area contributed by atoms with Gasteiger partial charge in [-0.15, -0.1) is 12.4 Å². The molecule has 2 N–H and O–H groups in total. The van der Waals surface area contributed by atoms with Gasteiger partial charge in [0.05, 0.1) is 25.6 Å². The zero-order valence-corrected chi connectivity index (χ0v) is 13.5. The SMILES string of the molecule is Cc1coc(C(=O)CN)c1.Cc1coc(C(=O)CN=[N+]=[N-])c1.Cl. The maximum atomic E-state index is 11.1. The fourth-order valence-corrected chi connectivity index (χ4v) is 1.43. The van der Waals surface area contributed by atoms with Gasteiger partial charge in [0, 0.05) is 4.91 Å². The van der Waals surface area contributed by atoms with Crippen LogP contribution >= 0.6 is 12.4 Å². The number of hydrogen-bond acceptors (Lipinski definition) is 6. The number of halogens is 1. The fraction of sp³-hybridized carbons (Fsp3) is 0.286. The number of carbonyl (C=O) groups is 2. The van der Waals surface area contributed by atoms with Crippen molar-refractivity contribution in [3.8, 4) is 0 Å². The molecule has 0 saturated carbocycles. The Bertz CT molecular complexity index is 701. The molecule has 0 radical (unpaired) electrons. The highest BCUT2D eigenvalue weighted by Crippen LogP contribution is 2.07. The standard InChI is InChI=1S/C7H7N3O2.C7H9NO2.ClH/c1-5-2-7(12-4-5)6(11)3-9-10-8;1-5-2-7(10-4-5)6(9)3-8;/h2,4H,3H2,1H3;2,4H,3,8H2,1H3;1H. The third kappa shape index (κ3) is 6.84. The number of aryl methyl sites for hydroxylation is 2. The summed E-state index contributed by atoms with van der Waals surface area (Å²) < 4.78 is 9.78. The lowest BCUT2D eigenvalue weighted by atomic mass is 10.3. The molecule has 0 saturated heterocycles. The number of hydrogen-bond donors (Lipinski definition) is 1. The van der Waals surface area contributed by atoms with Crippen LogP contribution in [0.25, 0.3) is 10.4 Å². The van der Waals surface area contributed by atoms with E-state index in [0.29, 0.717) is 5.76 Å². The van der Waals surface area contributed by atoms with Gasteiger partial charge in [0.25, 0.3) is 0 Å². The molecule has 0 aromatic carbocycles. The van der Waals surface area contributed by atoms with E-state index in [1.54, 1.807) is 12.1 Å². The summed E-state index contributed by atoms with van der Waals surface area (Å²) in [4.78, 5) is 24.3. The molecule has 0 fully saturated rings. The largest absolute Gasteiger partial charge is 0.461 e. The Hall–Kier alpha value is -2.54. The van der Waals surface area contributed by atoms with Crippen LogP contribution in [0.4, 0.5) is 0 Å². The Morgan fingerprint density at radius 1 is 1.13 bits per heavy atom. The molecule has 0 spiro atoms. The van der Waals surface area contributed by atoms with Crippen molar-refractivity contribution in [2.24, 2.45) is 10.8 Å². The van der Waals surface area contributed by atoms with E-state index in [2.05, 4.69) is 10.0 Å². The zero-order valence-electron chi connectivity index (χ0n) is 12.7. The highest BCUT2D eigenvalue weighted by atomic mass is 35.5. The first kappa shape index (κ1) is 20.5. The Morgan fingerprint density at radius 2 is 1.61 bits per heavy atom. The van der Waals surface area contributed by atoms with Crippen molar-refractivity contribution in [3.63, 3.8) is 0 Å². The molecule has 2 aromatic heterocycles. The number of nitrogens with two attached hydrogens (primary N) is 1. The lowest BCUT2D eigenvalue weighted by Gasteiger charge is -1.87. The van der Waals surface area contributed by atoms with Crippen molar-refractivity contribution in [1.82, 2.24) is 0 Å². The molecule has 0 aliphatic rings. The van der Waals surface area contributed by atoms with Crippen LogP contribution in [-0.4, -0.2) is 24.7 Å². The average Bonchev–Trinajstić information content (AvgIpc) is 3.13. The van der Waals surface area contributed by atoms with Crippen LogP contribution in [0.2, 0.25) is 0 Å². The normalized spacial score (nSPS) is 9.00. The Morgan fingerprint density at radius 3 is 1.96 bits per heavy atom. The number of carbonyl (C=O) groups excluding carboxylic acids is 2. The van der Waals surface area contributed by atoms with Crippen molar-refractivity contribution in [3.05, 3.63) is 57.7 Å². The second kappa shape index (κ2) is 10.2. The molecule has 2 aromatic rings. The summed E-state index contributed by atoms with van der Waals surface area (Å²) in [6.45, 7) is 3.49. The maximum absolute atomic E-state index is 11.1. The molecular formula is C14H17ClN4O4. The molecular weight excluding hydrogens is 324 g/mol. The van der Waals surface area contributed by atoms with Gasteiger partial charge < -0.3 is 14.6 Å². The summed E-state index contributed by atoms with van der Waals surface area (Å²) in [5.41, 5.74) is 14.9. The topological polar surface area (TPSA) is 135 Å². The third-order valence-corrected chi connectivity index (χ3v) is 2.47. The van der Waals surface area contributed by atoms with Crippen molar-refractivity contribution in [1.29, 1.82) is 0 Å². The second-order valence-corrected chi connectivity index (χ2v) is 4.42.